The minimum absolute atomic E-state index is 0.276. The number of carboxylic acids is 1. The third-order valence-electron chi connectivity index (χ3n) is 1.94. The fourth-order valence-corrected chi connectivity index (χ4v) is 1.12. The summed E-state index contributed by atoms with van der Waals surface area (Å²) >= 11 is 0. The second-order valence-electron chi connectivity index (χ2n) is 2.94. The van der Waals surface area contributed by atoms with Gasteiger partial charge >= 0.3 is 5.97 Å². The number of H-pyrrole nitrogens is 1. The monoisotopic (exact) mass is 210 g/mol. The van der Waals surface area contributed by atoms with Crippen LogP contribution in [0.25, 0.3) is 0 Å². The van der Waals surface area contributed by atoms with Crippen molar-refractivity contribution in [2.45, 2.75) is 6.92 Å². The van der Waals surface area contributed by atoms with Crippen LogP contribution in [0, 0.1) is 6.92 Å². The zero-order chi connectivity index (χ0) is 11.4. The summed E-state index contributed by atoms with van der Waals surface area (Å²) in [4.78, 5) is 34.7. The van der Waals surface area contributed by atoms with Crippen LogP contribution in [-0.4, -0.2) is 34.8 Å². The van der Waals surface area contributed by atoms with Crippen molar-refractivity contribution in [2.24, 2.45) is 0 Å². The number of amides is 1. The molecule has 0 fully saturated rings. The van der Waals surface area contributed by atoms with Gasteiger partial charge in [0.15, 0.2) is 6.29 Å². The molecular weight excluding hydrogens is 200 g/mol. The van der Waals surface area contributed by atoms with E-state index in [-0.39, 0.29) is 5.56 Å². The molecule has 1 heterocycles. The Balaban J connectivity index is 2.78. The van der Waals surface area contributed by atoms with Crippen molar-refractivity contribution >= 4 is 18.2 Å². The van der Waals surface area contributed by atoms with Gasteiger partial charge in [0.2, 0.25) is 0 Å². The normalized spacial score (nSPS) is 9.67. The van der Waals surface area contributed by atoms with E-state index in [1.165, 1.54) is 6.20 Å². The average molecular weight is 210 g/mol. The highest BCUT2D eigenvalue weighted by atomic mass is 16.4. The summed E-state index contributed by atoms with van der Waals surface area (Å²) in [7, 11) is 0. The van der Waals surface area contributed by atoms with Crippen LogP contribution in [0.15, 0.2) is 6.20 Å². The van der Waals surface area contributed by atoms with E-state index in [4.69, 9.17) is 5.11 Å². The Morgan fingerprint density at radius 1 is 1.60 bits per heavy atom. The van der Waals surface area contributed by atoms with E-state index in [1.807, 2.05) is 0 Å². The summed E-state index contributed by atoms with van der Waals surface area (Å²) in [6, 6.07) is 0. The molecular formula is C9H10N2O4. The first kappa shape index (κ1) is 11.0. The van der Waals surface area contributed by atoms with Crippen LogP contribution in [0.5, 0.6) is 0 Å². The molecule has 3 N–H and O–H groups in total. The second-order valence-corrected chi connectivity index (χ2v) is 2.94. The first-order valence-electron chi connectivity index (χ1n) is 4.19. The van der Waals surface area contributed by atoms with Crippen LogP contribution in [-0.2, 0) is 4.79 Å². The third-order valence-corrected chi connectivity index (χ3v) is 1.94. The Morgan fingerprint density at radius 3 is 2.73 bits per heavy atom. The Morgan fingerprint density at radius 2 is 2.27 bits per heavy atom. The number of hydrogen-bond donors (Lipinski definition) is 3. The molecule has 1 amide bonds. The van der Waals surface area contributed by atoms with Gasteiger partial charge in [-0.25, -0.2) is 0 Å². The second kappa shape index (κ2) is 4.41. The SMILES string of the molecule is Cc1c(C(=O)NCC(=O)O)c[nH]c1C=O. The number of nitrogens with one attached hydrogen (secondary N) is 2. The van der Waals surface area contributed by atoms with Gasteiger partial charge in [-0.1, -0.05) is 0 Å². The number of aromatic nitrogens is 1. The van der Waals surface area contributed by atoms with E-state index in [0.717, 1.165) is 0 Å². The summed E-state index contributed by atoms with van der Waals surface area (Å²) in [6.45, 7) is 1.16. The number of rotatable bonds is 4. The molecule has 0 aliphatic rings. The van der Waals surface area contributed by atoms with Crippen molar-refractivity contribution in [3.05, 3.63) is 23.0 Å². The number of hydrogen-bond acceptors (Lipinski definition) is 3. The topological polar surface area (TPSA) is 99.3 Å². The average Bonchev–Trinajstić information content (AvgIpc) is 2.56. The lowest BCUT2D eigenvalue weighted by molar-refractivity contribution is -0.135. The lowest BCUT2D eigenvalue weighted by Crippen LogP contribution is -2.29. The number of aldehydes is 1. The summed E-state index contributed by atoms with van der Waals surface area (Å²) in [5.74, 6) is -1.63. The van der Waals surface area contributed by atoms with E-state index < -0.39 is 18.4 Å². The zero-order valence-electron chi connectivity index (χ0n) is 8.03. The first-order valence-corrected chi connectivity index (χ1v) is 4.19. The molecule has 0 saturated heterocycles. The number of carboxylic acid groups (broad SMARTS) is 1. The van der Waals surface area contributed by atoms with Gasteiger partial charge in [-0.3, -0.25) is 14.4 Å². The van der Waals surface area contributed by atoms with Crippen molar-refractivity contribution in [1.29, 1.82) is 0 Å². The lowest BCUT2D eigenvalue weighted by atomic mass is 10.1. The molecule has 15 heavy (non-hydrogen) atoms. The molecule has 1 aromatic rings. The highest BCUT2D eigenvalue weighted by Gasteiger charge is 2.13. The number of carbonyl (C=O) groups is 3. The maximum absolute atomic E-state index is 11.4. The highest BCUT2D eigenvalue weighted by molar-refractivity contribution is 5.98. The van der Waals surface area contributed by atoms with Gasteiger partial charge in [0.05, 0.1) is 11.3 Å². The number of carbonyl (C=O) groups excluding carboxylic acids is 2. The Kier molecular flexibility index (Phi) is 3.22. The predicted octanol–water partition coefficient (Wildman–Crippen LogP) is -0.0500. The fraction of sp³-hybridized carbons (Fsp3) is 0.222. The zero-order valence-corrected chi connectivity index (χ0v) is 8.03. The van der Waals surface area contributed by atoms with Gasteiger partial charge in [0.1, 0.15) is 6.54 Å². The van der Waals surface area contributed by atoms with Gasteiger partial charge in [-0.05, 0) is 12.5 Å². The van der Waals surface area contributed by atoms with E-state index in [9.17, 15) is 14.4 Å². The molecule has 1 aromatic heterocycles. The predicted molar refractivity (Wildman–Crippen MR) is 50.9 cm³/mol. The number of aliphatic carboxylic acids is 1. The largest absolute Gasteiger partial charge is 0.480 e. The molecule has 1 rings (SSSR count). The molecule has 6 nitrogen and oxygen atoms in total. The summed E-state index contributed by atoms with van der Waals surface area (Å²) < 4.78 is 0. The van der Waals surface area contributed by atoms with E-state index in [2.05, 4.69) is 10.3 Å². The molecule has 0 unspecified atom stereocenters. The quantitative estimate of drug-likeness (QED) is 0.606. The molecule has 0 bridgehead atoms. The van der Waals surface area contributed by atoms with Crippen LogP contribution in [0.1, 0.15) is 26.4 Å². The molecule has 6 heteroatoms. The van der Waals surface area contributed by atoms with Crippen molar-refractivity contribution < 1.29 is 19.5 Å². The smallest absolute Gasteiger partial charge is 0.322 e. The van der Waals surface area contributed by atoms with Crippen molar-refractivity contribution in [3.63, 3.8) is 0 Å². The molecule has 80 valence electrons. The van der Waals surface area contributed by atoms with Crippen LogP contribution >= 0.6 is 0 Å². The lowest BCUT2D eigenvalue weighted by Gasteiger charge is -2.00. The van der Waals surface area contributed by atoms with Gasteiger partial charge in [-0.15, -0.1) is 0 Å². The molecule has 0 aliphatic heterocycles. The summed E-state index contributed by atoms with van der Waals surface area (Å²) in [6.07, 6.45) is 1.97. The van der Waals surface area contributed by atoms with Crippen molar-refractivity contribution in [2.75, 3.05) is 6.54 Å². The third kappa shape index (κ3) is 2.43. The first-order chi connectivity index (χ1) is 7.06. The maximum Gasteiger partial charge on any atom is 0.322 e. The molecule has 0 aliphatic carbocycles. The Labute approximate surface area is 85.3 Å². The molecule has 0 atom stereocenters. The Bertz CT molecular complexity index is 408. The highest BCUT2D eigenvalue weighted by Crippen LogP contribution is 2.10. The summed E-state index contributed by atoms with van der Waals surface area (Å²) in [5.41, 5.74) is 1.10. The minimum atomic E-state index is -1.12. The minimum Gasteiger partial charge on any atom is -0.480 e. The van der Waals surface area contributed by atoms with Gasteiger partial charge in [0, 0.05) is 6.20 Å². The van der Waals surface area contributed by atoms with E-state index in [1.54, 1.807) is 6.92 Å². The summed E-state index contributed by atoms with van der Waals surface area (Å²) in [5, 5.41) is 10.6. The van der Waals surface area contributed by atoms with Crippen molar-refractivity contribution in [1.82, 2.24) is 10.3 Å². The maximum atomic E-state index is 11.4. The molecule has 0 saturated carbocycles. The van der Waals surface area contributed by atoms with Crippen LogP contribution in [0.2, 0.25) is 0 Å². The fourth-order valence-electron chi connectivity index (χ4n) is 1.12. The van der Waals surface area contributed by atoms with Crippen LogP contribution < -0.4 is 5.32 Å². The van der Waals surface area contributed by atoms with E-state index >= 15 is 0 Å². The van der Waals surface area contributed by atoms with Gasteiger partial charge < -0.3 is 15.4 Å². The molecule has 0 aromatic carbocycles. The van der Waals surface area contributed by atoms with E-state index in [0.29, 0.717) is 17.5 Å². The molecule has 0 radical (unpaired) electrons. The number of aromatic amines is 1. The van der Waals surface area contributed by atoms with Crippen LogP contribution in [0.4, 0.5) is 0 Å². The van der Waals surface area contributed by atoms with Crippen molar-refractivity contribution in [3.8, 4) is 0 Å². The molecule has 0 spiro atoms. The Hall–Kier alpha value is -2.11. The van der Waals surface area contributed by atoms with Crippen LogP contribution in [0.3, 0.4) is 0 Å². The standard InChI is InChI=1S/C9H10N2O4/c1-5-6(2-10-7(5)4-12)9(15)11-3-8(13)14/h2,4,10H,3H2,1H3,(H,11,15)(H,13,14). The van der Waals surface area contributed by atoms with Gasteiger partial charge in [0.25, 0.3) is 5.91 Å². The van der Waals surface area contributed by atoms with Gasteiger partial charge in [-0.2, -0.15) is 0 Å².